The first-order valence-electron chi connectivity index (χ1n) is 8.82. The van der Waals surface area contributed by atoms with Crippen molar-refractivity contribution in [3.63, 3.8) is 0 Å². The quantitative estimate of drug-likeness (QED) is 0.807. The Kier molecular flexibility index (Phi) is 4.68. The number of anilines is 1. The van der Waals surface area contributed by atoms with Crippen molar-refractivity contribution in [2.75, 3.05) is 17.2 Å². The highest BCUT2D eigenvalue weighted by molar-refractivity contribution is 8.13. The molecule has 1 aromatic rings. The van der Waals surface area contributed by atoms with Gasteiger partial charge in [0.1, 0.15) is 11.5 Å². The molecule has 2 atom stereocenters. The number of hydrogen-bond donors (Lipinski definition) is 2. The molecule has 0 unspecified atom stereocenters. The van der Waals surface area contributed by atoms with Crippen LogP contribution < -0.4 is 16.4 Å². The predicted molar refractivity (Wildman–Crippen MR) is 108 cm³/mol. The lowest BCUT2D eigenvalue weighted by Crippen LogP contribution is -2.38. The van der Waals surface area contributed by atoms with Crippen LogP contribution in [0.2, 0.25) is 0 Å². The highest BCUT2D eigenvalue weighted by atomic mass is 35.5. The van der Waals surface area contributed by atoms with Crippen molar-refractivity contribution in [2.24, 2.45) is 22.4 Å². The minimum Gasteiger partial charge on any atom is -0.379 e. The lowest BCUT2D eigenvalue weighted by atomic mass is 9.81. The summed E-state index contributed by atoms with van der Waals surface area (Å²) in [6.07, 6.45) is 5.98. The molecule has 1 saturated carbocycles. The van der Waals surface area contributed by atoms with E-state index >= 15 is 0 Å². The third-order valence-corrected chi connectivity index (χ3v) is 6.73. The number of amides is 1. The molecule has 0 spiro atoms. The van der Waals surface area contributed by atoms with Crippen molar-refractivity contribution >= 4 is 40.1 Å². The summed E-state index contributed by atoms with van der Waals surface area (Å²) in [5.41, 5.74) is 12.4. The van der Waals surface area contributed by atoms with Crippen molar-refractivity contribution in [1.29, 1.82) is 0 Å². The Bertz CT molecular complexity index is 900. The second-order valence-corrected chi connectivity index (χ2v) is 8.58. The summed E-state index contributed by atoms with van der Waals surface area (Å²) in [6, 6.07) is 4.83. The van der Waals surface area contributed by atoms with Gasteiger partial charge in [-0.1, -0.05) is 29.8 Å². The first kappa shape index (κ1) is 18.4. The van der Waals surface area contributed by atoms with Crippen LogP contribution in [0.25, 0.3) is 0 Å². The molecule has 142 valence electrons. The molecule has 2 heterocycles. The van der Waals surface area contributed by atoms with Crippen molar-refractivity contribution in [2.45, 2.75) is 24.8 Å². The van der Waals surface area contributed by atoms with Crippen molar-refractivity contribution in [1.82, 2.24) is 0 Å². The van der Waals surface area contributed by atoms with Gasteiger partial charge in [-0.3, -0.25) is 9.79 Å². The molecule has 3 aliphatic rings. The molecule has 27 heavy (non-hydrogen) atoms. The highest BCUT2D eigenvalue weighted by Crippen LogP contribution is 2.52. The number of benzene rings is 1. The Morgan fingerprint density at radius 3 is 3.00 bits per heavy atom. The van der Waals surface area contributed by atoms with E-state index in [-0.39, 0.29) is 11.7 Å². The van der Waals surface area contributed by atoms with E-state index in [0.717, 1.165) is 25.0 Å². The molecular formula is C19H20ClFN4OS. The van der Waals surface area contributed by atoms with Crippen LogP contribution in [0.5, 0.6) is 0 Å². The molecule has 0 saturated heterocycles. The number of hydrogen-bond acceptors (Lipinski definition) is 5. The van der Waals surface area contributed by atoms with Gasteiger partial charge in [-0.25, -0.2) is 4.39 Å². The number of nitrogens with two attached hydrogens (primary N) is 2. The molecule has 4 N–H and O–H groups in total. The van der Waals surface area contributed by atoms with Crippen molar-refractivity contribution < 1.29 is 9.18 Å². The van der Waals surface area contributed by atoms with Gasteiger partial charge in [0.15, 0.2) is 5.17 Å². The number of amidine groups is 1. The van der Waals surface area contributed by atoms with Gasteiger partial charge in [0.25, 0.3) is 5.91 Å². The zero-order valence-corrected chi connectivity index (χ0v) is 16.2. The number of carbonyl (C=O) groups excluding carboxylic acids is 1. The molecule has 1 fully saturated rings. The summed E-state index contributed by atoms with van der Waals surface area (Å²) in [5, 5.41) is 1.07. The van der Waals surface area contributed by atoms with Crippen LogP contribution in [0, 0.1) is 11.7 Å². The third kappa shape index (κ3) is 3.12. The fraction of sp³-hybridized carbons (Fsp3) is 0.368. The van der Waals surface area contributed by atoms with Crippen molar-refractivity contribution in [3.8, 4) is 0 Å². The van der Waals surface area contributed by atoms with Crippen LogP contribution in [0.1, 0.15) is 24.8 Å². The summed E-state index contributed by atoms with van der Waals surface area (Å²) in [5.74, 6) is 0.214. The lowest BCUT2D eigenvalue weighted by molar-refractivity contribution is -0.114. The van der Waals surface area contributed by atoms with E-state index in [0.29, 0.717) is 33.7 Å². The molecule has 4 rings (SSSR count). The number of rotatable bonds is 3. The van der Waals surface area contributed by atoms with Gasteiger partial charge in [-0.2, -0.15) is 0 Å². The van der Waals surface area contributed by atoms with Gasteiger partial charge >= 0.3 is 0 Å². The van der Waals surface area contributed by atoms with Gasteiger partial charge in [-0.15, -0.1) is 0 Å². The fourth-order valence-corrected chi connectivity index (χ4v) is 5.49. The number of allylic oxidation sites excluding steroid dienone is 2. The molecule has 5 nitrogen and oxygen atoms in total. The molecular weight excluding hydrogens is 387 g/mol. The number of halogens is 2. The van der Waals surface area contributed by atoms with E-state index in [1.54, 1.807) is 29.2 Å². The van der Waals surface area contributed by atoms with Gasteiger partial charge in [0, 0.05) is 22.0 Å². The molecule has 8 heteroatoms. The van der Waals surface area contributed by atoms with Crippen LogP contribution in [-0.4, -0.2) is 23.4 Å². The largest absolute Gasteiger partial charge is 0.379 e. The fourth-order valence-electron chi connectivity index (χ4n) is 4.27. The van der Waals surface area contributed by atoms with E-state index < -0.39 is 11.4 Å². The topological polar surface area (TPSA) is 84.7 Å². The maximum Gasteiger partial charge on any atom is 0.265 e. The average molecular weight is 407 g/mol. The van der Waals surface area contributed by atoms with E-state index in [1.807, 2.05) is 0 Å². The second kappa shape index (κ2) is 6.87. The molecule has 1 aromatic carbocycles. The second-order valence-electron chi connectivity index (χ2n) is 7.05. The number of aliphatic imine (C=N–C) groups is 1. The summed E-state index contributed by atoms with van der Waals surface area (Å²) >= 11 is 7.70. The molecule has 0 bridgehead atoms. The average Bonchev–Trinajstić information content (AvgIpc) is 3.05. The number of fused-ring (bicyclic) bond motifs is 1. The Labute approximate surface area is 166 Å². The SMILES string of the molecule is NC(=O)C1=CC=C(Cl)CN1c1ccc(F)c([C@]23CCC[C@H]2CSC(N)=N3)c1. The van der Waals surface area contributed by atoms with Gasteiger partial charge in [0.05, 0.1) is 12.1 Å². The first-order chi connectivity index (χ1) is 12.9. The molecule has 1 aliphatic carbocycles. The van der Waals surface area contributed by atoms with Crippen LogP contribution in [0.3, 0.4) is 0 Å². The number of nitrogens with zero attached hydrogens (tertiary/aromatic N) is 2. The molecule has 0 radical (unpaired) electrons. The number of primary amides is 1. The zero-order valence-electron chi connectivity index (χ0n) is 14.6. The third-order valence-electron chi connectivity index (χ3n) is 5.53. The molecule has 1 amide bonds. The Morgan fingerprint density at radius 1 is 1.41 bits per heavy atom. The maximum absolute atomic E-state index is 14.9. The van der Waals surface area contributed by atoms with E-state index in [9.17, 15) is 9.18 Å². The minimum absolute atomic E-state index is 0.246. The predicted octanol–water partition coefficient (Wildman–Crippen LogP) is 3.19. The minimum atomic E-state index is -0.637. The van der Waals surface area contributed by atoms with Crippen LogP contribution in [-0.2, 0) is 10.3 Å². The van der Waals surface area contributed by atoms with E-state index in [1.165, 1.54) is 17.8 Å². The number of carbonyl (C=O) groups is 1. The maximum atomic E-state index is 14.9. The highest BCUT2D eigenvalue weighted by Gasteiger charge is 2.48. The van der Waals surface area contributed by atoms with Gasteiger partial charge < -0.3 is 16.4 Å². The summed E-state index contributed by atoms with van der Waals surface area (Å²) in [6.45, 7) is 0.305. The zero-order chi connectivity index (χ0) is 19.2. The first-order valence-corrected chi connectivity index (χ1v) is 10.2. The summed E-state index contributed by atoms with van der Waals surface area (Å²) in [7, 11) is 0. The Hall–Kier alpha value is -1.99. The van der Waals surface area contributed by atoms with Crippen molar-refractivity contribution in [3.05, 3.63) is 52.5 Å². The molecule has 2 aliphatic heterocycles. The Balaban J connectivity index is 1.81. The standard InChI is InChI=1S/C19H20ClFN4OS/c20-12-3-6-16(17(22)26)25(9-12)13-4-5-15(21)14(8-13)19-7-1-2-11(19)10-27-18(23)24-19/h3-6,8,11H,1-2,7,9-10H2,(H2,22,26)(H2,23,24)/t11-,19-/m0/s1. The van der Waals surface area contributed by atoms with E-state index in [2.05, 4.69) is 0 Å². The Morgan fingerprint density at radius 2 is 2.22 bits per heavy atom. The summed E-state index contributed by atoms with van der Waals surface area (Å²) < 4.78 is 14.9. The normalized spacial score (nSPS) is 27.6. The monoisotopic (exact) mass is 406 g/mol. The van der Waals surface area contributed by atoms with Crippen LogP contribution in [0.4, 0.5) is 10.1 Å². The lowest BCUT2D eigenvalue weighted by Gasteiger charge is -2.37. The van der Waals surface area contributed by atoms with E-state index in [4.69, 9.17) is 28.1 Å². The van der Waals surface area contributed by atoms with Crippen LogP contribution in [0.15, 0.2) is 46.1 Å². The molecule has 0 aromatic heterocycles. The number of thioether (sulfide) groups is 1. The van der Waals surface area contributed by atoms with Gasteiger partial charge in [-0.05, 0) is 49.1 Å². The smallest absolute Gasteiger partial charge is 0.265 e. The van der Waals surface area contributed by atoms with Crippen LogP contribution >= 0.6 is 23.4 Å². The summed E-state index contributed by atoms with van der Waals surface area (Å²) in [4.78, 5) is 18.3. The van der Waals surface area contributed by atoms with Gasteiger partial charge in [0.2, 0.25) is 0 Å².